The van der Waals surface area contributed by atoms with Crippen molar-refractivity contribution < 1.29 is 18.7 Å². The van der Waals surface area contributed by atoms with Crippen LogP contribution in [0.5, 0.6) is 0 Å². The van der Waals surface area contributed by atoms with E-state index in [1.165, 1.54) is 0 Å². The molecule has 1 aromatic carbocycles. The first-order valence-electron chi connectivity index (χ1n) is 4.83. The Bertz CT molecular complexity index is 471. The number of benzene rings is 1. The molecule has 0 amide bonds. The monoisotopic (exact) mass is 225 g/mol. The molecule has 0 saturated carbocycles. The van der Waals surface area contributed by atoms with Crippen LogP contribution in [0.4, 0.5) is 8.78 Å². The fourth-order valence-electron chi connectivity index (χ4n) is 1.69. The normalized spacial score (nSPS) is 19.6. The van der Waals surface area contributed by atoms with Crippen LogP contribution in [-0.2, 0) is 4.79 Å². The third-order valence-corrected chi connectivity index (χ3v) is 2.49. The molecule has 1 aliphatic heterocycles. The number of halogens is 2. The lowest BCUT2D eigenvalue weighted by atomic mass is 10.1. The topological polar surface area (TPSA) is 49.7 Å². The van der Waals surface area contributed by atoms with Crippen molar-refractivity contribution in [3.8, 4) is 0 Å². The van der Waals surface area contributed by atoms with Gasteiger partial charge in [-0.15, -0.1) is 0 Å². The predicted molar refractivity (Wildman–Crippen MR) is 53.6 cm³/mol. The summed E-state index contributed by atoms with van der Waals surface area (Å²) in [4.78, 5) is 14.5. The van der Waals surface area contributed by atoms with Gasteiger partial charge in [0.2, 0.25) is 0 Å². The van der Waals surface area contributed by atoms with Gasteiger partial charge in [-0.1, -0.05) is 0 Å². The molecule has 0 fully saturated rings. The van der Waals surface area contributed by atoms with Gasteiger partial charge in [0, 0.05) is 11.3 Å². The van der Waals surface area contributed by atoms with Crippen LogP contribution in [0.1, 0.15) is 18.4 Å². The van der Waals surface area contributed by atoms with Gasteiger partial charge < -0.3 is 5.11 Å². The molecule has 84 valence electrons. The second-order valence-electron chi connectivity index (χ2n) is 3.59. The first-order chi connectivity index (χ1) is 7.58. The van der Waals surface area contributed by atoms with Crippen LogP contribution in [0.3, 0.4) is 0 Å². The molecule has 16 heavy (non-hydrogen) atoms. The molecule has 3 nitrogen and oxygen atoms in total. The maximum atomic E-state index is 13.4. The quantitative estimate of drug-likeness (QED) is 0.836. The number of hydrogen-bond donors (Lipinski definition) is 1. The molecule has 0 aliphatic carbocycles. The van der Waals surface area contributed by atoms with Crippen molar-refractivity contribution >= 4 is 11.7 Å². The maximum absolute atomic E-state index is 13.4. The van der Waals surface area contributed by atoms with E-state index in [0.29, 0.717) is 18.6 Å². The number of nitrogens with zero attached hydrogens (tertiary/aromatic N) is 1. The molecule has 1 aromatic rings. The van der Waals surface area contributed by atoms with Crippen LogP contribution in [0.25, 0.3) is 0 Å². The molecule has 0 saturated heterocycles. The van der Waals surface area contributed by atoms with Crippen molar-refractivity contribution in [1.82, 2.24) is 0 Å². The SMILES string of the molecule is O=C(O)C1CCC(c2cc(F)ccc2F)=N1. The van der Waals surface area contributed by atoms with Gasteiger partial charge in [0.25, 0.3) is 0 Å². The zero-order chi connectivity index (χ0) is 11.7. The van der Waals surface area contributed by atoms with E-state index in [-0.39, 0.29) is 5.56 Å². The summed E-state index contributed by atoms with van der Waals surface area (Å²) in [6, 6.07) is 2.24. The Hall–Kier alpha value is -1.78. The third kappa shape index (κ3) is 1.93. The number of rotatable bonds is 2. The Morgan fingerprint density at radius 2 is 2.19 bits per heavy atom. The fraction of sp³-hybridized carbons (Fsp3) is 0.273. The third-order valence-electron chi connectivity index (χ3n) is 2.49. The molecular formula is C11H9F2NO2. The highest BCUT2D eigenvalue weighted by Gasteiger charge is 2.25. The molecule has 1 aliphatic rings. The van der Waals surface area contributed by atoms with Crippen molar-refractivity contribution in [3.63, 3.8) is 0 Å². The van der Waals surface area contributed by atoms with E-state index < -0.39 is 23.6 Å². The second-order valence-corrected chi connectivity index (χ2v) is 3.59. The van der Waals surface area contributed by atoms with Crippen molar-refractivity contribution in [2.75, 3.05) is 0 Å². The average Bonchev–Trinajstić information content (AvgIpc) is 2.70. The summed E-state index contributed by atoms with van der Waals surface area (Å²) in [5, 5.41) is 8.73. The molecule has 5 heteroatoms. The van der Waals surface area contributed by atoms with Gasteiger partial charge in [-0.25, -0.2) is 13.6 Å². The van der Waals surface area contributed by atoms with Crippen molar-refractivity contribution in [1.29, 1.82) is 0 Å². The van der Waals surface area contributed by atoms with Crippen LogP contribution in [0.15, 0.2) is 23.2 Å². The van der Waals surface area contributed by atoms with Crippen molar-refractivity contribution in [2.45, 2.75) is 18.9 Å². The molecular weight excluding hydrogens is 216 g/mol. The Morgan fingerprint density at radius 3 is 2.81 bits per heavy atom. The zero-order valence-electron chi connectivity index (χ0n) is 8.28. The van der Waals surface area contributed by atoms with Crippen LogP contribution in [0, 0.1) is 11.6 Å². The minimum Gasteiger partial charge on any atom is -0.480 e. The number of hydrogen-bond acceptors (Lipinski definition) is 2. The Kier molecular flexibility index (Phi) is 2.68. The van der Waals surface area contributed by atoms with Crippen LogP contribution in [0.2, 0.25) is 0 Å². The maximum Gasteiger partial charge on any atom is 0.328 e. The van der Waals surface area contributed by atoms with Crippen molar-refractivity contribution in [2.24, 2.45) is 4.99 Å². The number of carboxylic acids is 1. The molecule has 2 rings (SSSR count). The molecule has 1 unspecified atom stereocenters. The Balaban J connectivity index is 2.35. The minimum absolute atomic E-state index is 0.0590. The number of aliphatic carboxylic acids is 1. The van der Waals surface area contributed by atoms with Crippen LogP contribution >= 0.6 is 0 Å². The molecule has 0 radical (unpaired) electrons. The summed E-state index contributed by atoms with van der Waals surface area (Å²) in [7, 11) is 0. The first-order valence-corrected chi connectivity index (χ1v) is 4.83. The number of aliphatic imine (C=N–C) groups is 1. The molecule has 0 spiro atoms. The molecule has 1 atom stereocenters. The van der Waals surface area contributed by atoms with E-state index in [0.717, 1.165) is 18.2 Å². The fourth-order valence-corrected chi connectivity index (χ4v) is 1.69. The summed E-state index contributed by atoms with van der Waals surface area (Å²) < 4.78 is 26.3. The summed E-state index contributed by atoms with van der Waals surface area (Å²) in [5.74, 6) is -2.17. The van der Waals surface area contributed by atoms with Crippen LogP contribution in [-0.4, -0.2) is 22.8 Å². The predicted octanol–water partition coefficient (Wildman–Crippen LogP) is 2.00. The van der Waals surface area contributed by atoms with Gasteiger partial charge in [0.05, 0.1) is 0 Å². The molecule has 0 aromatic heterocycles. The highest BCUT2D eigenvalue weighted by Crippen LogP contribution is 2.21. The van der Waals surface area contributed by atoms with E-state index in [4.69, 9.17) is 5.11 Å². The van der Waals surface area contributed by atoms with Gasteiger partial charge in [0.1, 0.15) is 17.7 Å². The summed E-state index contributed by atoms with van der Waals surface area (Å²) in [6.45, 7) is 0. The number of carboxylic acid groups (broad SMARTS) is 1. The van der Waals surface area contributed by atoms with Crippen LogP contribution < -0.4 is 0 Å². The van der Waals surface area contributed by atoms with Crippen molar-refractivity contribution in [3.05, 3.63) is 35.4 Å². The lowest BCUT2D eigenvalue weighted by molar-refractivity contribution is -0.138. The summed E-state index contributed by atoms with van der Waals surface area (Å²) in [6.07, 6.45) is 0.692. The van der Waals surface area contributed by atoms with Gasteiger partial charge >= 0.3 is 5.97 Å². The molecule has 1 heterocycles. The van der Waals surface area contributed by atoms with Gasteiger partial charge in [-0.05, 0) is 31.0 Å². The lowest BCUT2D eigenvalue weighted by Gasteiger charge is -2.02. The van der Waals surface area contributed by atoms with E-state index >= 15 is 0 Å². The van der Waals surface area contributed by atoms with Gasteiger partial charge in [-0.3, -0.25) is 4.99 Å². The van der Waals surface area contributed by atoms with E-state index in [1.807, 2.05) is 0 Å². The van der Waals surface area contributed by atoms with Gasteiger partial charge in [0.15, 0.2) is 0 Å². The second kappa shape index (κ2) is 4.00. The highest BCUT2D eigenvalue weighted by molar-refractivity contribution is 6.03. The van der Waals surface area contributed by atoms with Gasteiger partial charge in [-0.2, -0.15) is 0 Å². The first kappa shape index (κ1) is 10.7. The molecule has 0 bridgehead atoms. The summed E-state index contributed by atoms with van der Waals surface area (Å²) >= 11 is 0. The average molecular weight is 225 g/mol. The smallest absolute Gasteiger partial charge is 0.328 e. The Labute approximate surface area is 90.4 Å². The lowest BCUT2D eigenvalue weighted by Crippen LogP contribution is -2.13. The Morgan fingerprint density at radius 1 is 1.44 bits per heavy atom. The van der Waals surface area contributed by atoms with E-state index in [2.05, 4.69) is 4.99 Å². The standard InChI is InChI=1S/C11H9F2NO2/c12-6-1-2-8(13)7(5-6)9-3-4-10(14-9)11(15)16/h1-2,5,10H,3-4H2,(H,15,16). The minimum atomic E-state index is -1.04. The highest BCUT2D eigenvalue weighted by atomic mass is 19.1. The molecule has 1 N–H and O–H groups in total. The van der Waals surface area contributed by atoms with E-state index in [9.17, 15) is 13.6 Å². The largest absolute Gasteiger partial charge is 0.480 e. The number of carbonyl (C=O) groups is 1. The zero-order valence-corrected chi connectivity index (χ0v) is 8.28. The summed E-state index contributed by atoms with van der Waals surface area (Å²) in [5.41, 5.74) is 0.383. The van der Waals surface area contributed by atoms with E-state index in [1.54, 1.807) is 0 Å².